The summed E-state index contributed by atoms with van der Waals surface area (Å²) in [6.07, 6.45) is 0.479. The molecule has 0 fully saturated rings. The molecule has 0 aliphatic carbocycles. The molecule has 6 nitrogen and oxygen atoms in total. The smallest absolute Gasteiger partial charge is 0.253 e. The maximum atomic E-state index is 12.8. The molecular weight excluding hydrogens is 364 g/mol. The number of fused-ring (bicyclic) bond motifs is 2. The van der Waals surface area contributed by atoms with E-state index in [0.717, 1.165) is 22.0 Å². The van der Waals surface area contributed by atoms with Crippen LogP contribution in [0.1, 0.15) is 22.3 Å². The Hall–Kier alpha value is -2.67. The van der Waals surface area contributed by atoms with Crippen LogP contribution in [0.5, 0.6) is 11.5 Å². The summed E-state index contributed by atoms with van der Waals surface area (Å²) in [6, 6.07) is 11.2. The Kier molecular flexibility index (Phi) is 4.94. The van der Waals surface area contributed by atoms with Crippen LogP contribution in [0.3, 0.4) is 0 Å². The van der Waals surface area contributed by atoms with Gasteiger partial charge < -0.3 is 19.7 Å². The van der Waals surface area contributed by atoms with E-state index in [1.54, 1.807) is 29.8 Å². The van der Waals surface area contributed by atoms with Crippen LogP contribution in [0.15, 0.2) is 41.3 Å². The van der Waals surface area contributed by atoms with E-state index in [9.17, 15) is 9.59 Å². The summed E-state index contributed by atoms with van der Waals surface area (Å²) in [6.45, 7) is 1.54. The van der Waals surface area contributed by atoms with Gasteiger partial charge in [0.1, 0.15) is 13.2 Å². The van der Waals surface area contributed by atoms with E-state index < -0.39 is 0 Å². The fourth-order valence-electron chi connectivity index (χ4n) is 3.11. The average molecular weight is 384 g/mol. The van der Waals surface area contributed by atoms with E-state index in [0.29, 0.717) is 43.2 Å². The molecule has 2 aliphatic heterocycles. The lowest BCUT2D eigenvalue weighted by Gasteiger charge is -2.21. The monoisotopic (exact) mass is 384 g/mol. The topological polar surface area (TPSA) is 67.9 Å². The summed E-state index contributed by atoms with van der Waals surface area (Å²) in [5, 5.41) is 2.88. The van der Waals surface area contributed by atoms with Crippen molar-refractivity contribution >= 4 is 29.3 Å². The molecule has 2 aromatic rings. The number of hydrogen-bond donors (Lipinski definition) is 1. The second-order valence-corrected chi connectivity index (χ2v) is 7.63. The Morgan fingerprint density at radius 2 is 1.96 bits per heavy atom. The summed E-state index contributed by atoms with van der Waals surface area (Å²) in [5.74, 6) is 2.07. The number of carbonyl (C=O) groups is 2. The molecule has 140 valence electrons. The van der Waals surface area contributed by atoms with Gasteiger partial charge in [0.05, 0.1) is 5.69 Å². The van der Waals surface area contributed by atoms with Gasteiger partial charge in [0.2, 0.25) is 5.91 Å². The van der Waals surface area contributed by atoms with Crippen molar-refractivity contribution in [1.82, 2.24) is 4.90 Å². The summed E-state index contributed by atoms with van der Waals surface area (Å²) in [5.41, 5.74) is 2.23. The molecular formula is C20H20N2O4S. The number of rotatable bonds is 3. The highest BCUT2D eigenvalue weighted by atomic mass is 32.2. The maximum Gasteiger partial charge on any atom is 0.253 e. The number of thioether (sulfide) groups is 1. The van der Waals surface area contributed by atoms with Crippen LogP contribution in [0.25, 0.3) is 0 Å². The van der Waals surface area contributed by atoms with Gasteiger partial charge in [-0.1, -0.05) is 6.07 Å². The van der Waals surface area contributed by atoms with Gasteiger partial charge in [0.15, 0.2) is 11.5 Å². The number of nitrogens with one attached hydrogen (secondary N) is 1. The van der Waals surface area contributed by atoms with Crippen molar-refractivity contribution in [2.24, 2.45) is 0 Å². The lowest BCUT2D eigenvalue weighted by atomic mass is 10.1. The molecule has 2 heterocycles. The van der Waals surface area contributed by atoms with Gasteiger partial charge >= 0.3 is 0 Å². The third-order valence-corrected chi connectivity index (χ3v) is 5.54. The first-order valence-corrected chi connectivity index (χ1v) is 9.79. The zero-order valence-corrected chi connectivity index (χ0v) is 15.8. The highest BCUT2D eigenvalue weighted by Gasteiger charge is 2.19. The first-order valence-electron chi connectivity index (χ1n) is 8.81. The van der Waals surface area contributed by atoms with Crippen molar-refractivity contribution < 1.29 is 19.1 Å². The van der Waals surface area contributed by atoms with Crippen LogP contribution in [0, 0.1) is 0 Å². The van der Waals surface area contributed by atoms with Crippen molar-refractivity contribution in [3.63, 3.8) is 0 Å². The van der Waals surface area contributed by atoms with Crippen LogP contribution in [0.4, 0.5) is 5.69 Å². The Balaban J connectivity index is 1.50. The SMILES string of the molecule is CN(Cc1ccc2c(c1)OCCO2)C(=O)c1ccc2c(c1)NC(=O)CCS2. The summed E-state index contributed by atoms with van der Waals surface area (Å²) >= 11 is 1.62. The minimum absolute atomic E-state index is 0.0181. The van der Waals surface area contributed by atoms with E-state index in [1.807, 2.05) is 30.3 Å². The molecule has 0 radical (unpaired) electrons. The second kappa shape index (κ2) is 7.52. The Morgan fingerprint density at radius 1 is 1.15 bits per heavy atom. The van der Waals surface area contributed by atoms with E-state index in [1.165, 1.54) is 0 Å². The van der Waals surface area contributed by atoms with Gasteiger partial charge in [-0.3, -0.25) is 9.59 Å². The van der Waals surface area contributed by atoms with Crippen molar-refractivity contribution in [2.45, 2.75) is 17.9 Å². The van der Waals surface area contributed by atoms with Gasteiger partial charge in [-0.15, -0.1) is 11.8 Å². The quantitative estimate of drug-likeness (QED) is 0.880. The van der Waals surface area contributed by atoms with E-state index in [2.05, 4.69) is 5.32 Å². The van der Waals surface area contributed by atoms with Crippen LogP contribution < -0.4 is 14.8 Å². The zero-order chi connectivity index (χ0) is 18.8. The molecule has 0 bridgehead atoms. The largest absolute Gasteiger partial charge is 0.486 e. The molecule has 1 N–H and O–H groups in total. The number of anilines is 1. The van der Waals surface area contributed by atoms with Crippen molar-refractivity contribution in [2.75, 3.05) is 31.3 Å². The van der Waals surface area contributed by atoms with E-state index in [4.69, 9.17) is 9.47 Å². The fourth-order valence-corrected chi connectivity index (χ4v) is 4.04. The van der Waals surface area contributed by atoms with E-state index in [-0.39, 0.29) is 11.8 Å². The van der Waals surface area contributed by atoms with E-state index >= 15 is 0 Å². The van der Waals surface area contributed by atoms with Gasteiger partial charge in [-0.2, -0.15) is 0 Å². The predicted octanol–water partition coefficient (Wildman–Crippen LogP) is 3.16. The van der Waals surface area contributed by atoms with Gasteiger partial charge in [-0.05, 0) is 35.9 Å². The second-order valence-electron chi connectivity index (χ2n) is 6.50. The van der Waals surface area contributed by atoms with Crippen LogP contribution in [0.2, 0.25) is 0 Å². The molecule has 4 rings (SSSR count). The Labute approximate surface area is 161 Å². The molecule has 0 saturated carbocycles. The van der Waals surface area contributed by atoms with Crippen molar-refractivity contribution in [3.05, 3.63) is 47.5 Å². The first kappa shape index (κ1) is 17.7. The fraction of sp³-hybridized carbons (Fsp3) is 0.300. The number of nitrogens with zero attached hydrogens (tertiary/aromatic N) is 1. The van der Waals surface area contributed by atoms with Gasteiger partial charge in [0.25, 0.3) is 5.91 Å². The molecule has 2 amide bonds. The molecule has 0 spiro atoms. The van der Waals surface area contributed by atoms with Crippen molar-refractivity contribution in [1.29, 1.82) is 0 Å². The number of carbonyl (C=O) groups excluding carboxylic acids is 2. The third kappa shape index (κ3) is 3.88. The normalized spacial score (nSPS) is 15.4. The minimum atomic E-state index is -0.101. The molecule has 2 aliphatic rings. The zero-order valence-electron chi connectivity index (χ0n) is 15.0. The maximum absolute atomic E-state index is 12.8. The summed E-state index contributed by atoms with van der Waals surface area (Å²) in [4.78, 5) is 27.3. The van der Waals surface area contributed by atoms with Crippen molar-refractivity contribution in [3.8, 4) is 11.5 Å². The molecule has 27 heavy (non-hydrogen) atoms. The third-order valence-electron chi connectivity index (χ3n) is 4.46. The first-order chi connectivity index (χ1) is 13.1. The lowest BCUT2D eigenvalue weighted by molar-refractivity contribution is -0.115. The molecule has 0 atom stereocenters. The van der Waals surface area contributed by atoms with Gasteiger partial charge in [-0.25, -0.2) is 0 Å². The number of hydrogen-bond acceptors (Lipinski definition) is 5. The molecule has 7 heteroatoms. The molecule has 0 saturated heterocycles. The predicted molar refractivity (Wildman–Crippen MR) is 104 cm³/mol. The number of benzene rings is 2. The minimum Gasteiger partial charge on any atom is -0.486 e. The molecule has 0 aromatic heterocycles. The number of ether oxygens (including phenoxy) is 2. The summed E-state index contributed by atoms with van der Waals surface area (Å²) in [7, 11) is 1.76. The summed E-state index contributed by atoms with van der Waals surface area (Å²) < 4.78 is 11.1. The highest BCUT2D eigenvalue weighted by molar-refractivity contribution is 7.99. The van der Waals surface area contributed by atoms with Crippen LogP contribution >= 0.6 is 11.8 Å². The Bertz CT molecular complexity index is 900. The van der Waals surface area contributed by atoms with Crippen LogP contribution in [-0.4, -0.2) is 42.7 Å². The van der Waals surface area contributed by atoms with Gasteiger partial charge in [0, 0.05) is 36.2 Å². The lowest BCUT2D eigenvalue weighted by Crippen LogP contribution is -2.26. The average Bonchev–Trinajstić information content (AvgIpc) is 2.87. The van der Waals surface area contributed by atoms with Crippen LogP contribution in [-0.2, 0) is 11.3 Å². The highest BCUT2D eigenvalue weighted by Crippen LogP contribution is 2.33. The Morgan fingerprint density at radius 3 is 2.81 bits per heavy atom. The standard InChI is InChI=1S/C20H20N2O4S/c1-22(12-13-2-4-16-17(10-13)26-8-7-25-16)20(24)14-3-5-18-15(11-14)21-19(23)6-9-27-18/h2-5,10-11H,6-9,12H2,1H3,(H,21,23). The molecule has 0 unspecified atom stereocenters. The number of amides is 2. The molecule has 2 aromatic carbocycles.